The van der Waals surface area contributed by atoms with Crippen LogP contribution in [0, 0.1) is 5.92 Å². The normalized spacial score (nSPS) is 15.0. The zero-order chi connectivity index (χ0) is 13.5. The molecule has 0 saturated carbocycles. The molecule has 104 valence electrons. The molecule has 3 nitrogen and oxygen atoms in total. The van der Waals surface area contributed by atoms with E-state index >= 15 is 0 Å². The number of nitrogens with one attached hydrogen (secondary N) is 1. The molecule has 1 aromatic heterocycles. The number of hydrogen-bond acceptors (Lipinski definition) is 2. The van der Waals surface area contributed by atoms with Gasteiger partial charge in [0, 0.05) is 18.3 Å². The molecular formula is C15H29N3. The van der Waals surface area contributed by atoms with Crippen molar-refractivity contribution in [3.8, 4) is 0 Å². The van der Waals surface area contributed by atoms with E-state index in [2.05, 4.69) is 62.1 Å². The average Bonchev–Trinajstić information content (AvgIpc) is 2.81. The molecule has 0 spiro atoms. The fraction of sp³-hybridized carbons (Fsp3) is 0.800. The molecule has 0 aliphatic rings. The van der Waals surface area contributed by atoms with Crippen molar-refractivity contribution in [1.29, 1.82) is 0 Å². The lowest BCUT2D eigenvalue weighted by molar-refractivity contribution is 0.417. The van der Waals surface area contributed by atoms with E-state index in [0.29, 0.717) is 12.1 Å². The highest BCUT2D eigenvalue weighted by molar-refractivity contribution is 5.00. The number of aryl methyl sites for hydroxylation is 1. The molecule has 1 aromatic rings. The van der Waals surface area contributed by atoms with E-state index in [1.807, 2.05) is 0 Å². The third-order valence-electron chi connectivity index (χ3n) is 3.62. The molecule has 18 heavy (non-hydrogen) atoms. The van der Waals surface area contributed by atoms with Gasteiger partial charge < -0.3 is 5.32 Å². The van der Waals surface area contributed by atoms with Gasteiger partial charge in [0.1, 0.15) is 0 Å². The molecule has 0 amide bonds. The van der Waals surface area contributed by atoms with Crippen LogP contribution in [0.25, 0.3) is 0 Å². The van der Waals surface area contributed by atoms with Crippen molar-refractivity contribution < 1.29 is 0 Å². The van der Waals surface area contributed by atoms with E-state index in [-0.39, 0.29) is 0 Å². The van der Waals surface area contributed by atoms with Crippen LogP contribution < -0.4 is 5.32 Å². The van der Waals surface area contributed by atoms with Crippen LogP contribution in [0.2, 0.25) is 0 Å². The van der Waals surface area contributed by atoms with Gasteiger partial charge in [-0.15, -0.1) is 0 Å². The molecule has 0 fully saturated rings. The van der Waals surface area contributed by atoms with Gasteiger partial charge >= 0.3 is 0 Å². The summed E-state index contributed by atoms with van der Waals surface area (Å²) >= 11 is 0. The van der Waals surface area contributed by atoms with Gasteiger partial charge in [-0.1, -0.05) is 20.8 Å². The Morgan fingerprint density at radius 3 is 2.61 bits per heavy atom. The summed E-state index contributed by atoms with van der Waals surface area (Å²) in [6.07, 6.45) is 6.73. The first-order chi connectivity index (χ1) is 8.56. The zero-order valence-corrected chi connectivity index (χ0v) is 12.6. The predicted octanol–water partition coefficient (Wildman–Crippen LogP) is 3.42. The van der Waals surface area contributed by atoms with Crippen LogP contribution in [0.1, 0.15) is 58.7 Å². The Hall–Kier alpha value is -0.830. The summed E-state index contributed by atoms with van der Waals surface area (Å²) < 4.78 is 2.09. The predicted molar refractivity (Wildman–Crippen MR) is 77.9 cm³/mol. The van der Waals surface area contributed by atoms with Gasteiger partial charge in [0.25, 0.3) is 0 Å². The van der Waals surface area contributed by atoms with Crippen molar-refractivity contribution in [2.75, 3.05) is 7.05 Å². The lowest BCUT2D eigenvalue weighted by Crippen LogP contribution is -2.27. The van der Waals surface area contributed by atoms with Crippen LogP contribution in [0.3, 0.4) is 0 Å². The molecule has 2 atom stereocenters. The molecule has 3 heteroatoms. The highest BCUT2D eigenvalue weighted by Gasteiger charge is 2.10. The molecule has 0 aromatic carbocycles. The van der Waals surface area contributed by atoms with Crippen LogP contribution in [0.15, 0.2) is 12.3 Å². The molecule has 1 N–H and O–H groups in total. The Bertz CT molecular complexity index is 330. The summed E-state index contributed by atoms with van der Waals surface area (Å²) in [5.41, 5.74) is 1.22. The van der Waals surface area contributed by atoms with Crippen LogP contribution in [0.4, 0.5) is 0 Å². The van der Waals surface area contributed by atoms with E-state index in [1.54, 1.807) is 0 Å². The second kappa shape index (κ2) is 7.57. The molecule has 0 saturated heterocycles. The maximum atomic E-state index is 4.66. The highest BCUT2D eigenvalue weighted by atomic mass is 15.3. The second-order valence-electron chi connectivity index (χ2n) is 5.70. The third kappa shape index (κ3) is 4.81. The summed E-state index contributed by atoms with van der Waals surface area (Å²) in [5, 5.41) is 8.07. The average molecular weight is 251 g/mol. The maximum absolute atomic E-state index is 4.66. The largest absolute Gasteiger partial charge is 0.317 e. The van der Waals surface area contributed by atoms with Crippen molar-refractivity contribution in [1.82, 2.24) is 15.1 Å². The Morgan fingerprint density at radius 2 is 2.06 bits per heavy atom. The first-order valence-electron chi connectivity index (χ1n) is 7.28. The van der Waals surface area contributed by atoms with E-state index in [9.17, 15) is 0 Å². The van der Waals surface area contributed by atoms with E-state index in [1.165, 1.54) is 18.5 Å². The fourth-order valence-electron chi connectivity index (χ4n) is 2.21. The standard InChI is InChI=1S/C15H29N3/c1-6-13(4)18-10-9-14(17-18)7-8-15(16-5)11-12(2)3/h9-10,12-13,15-16H,6-8,11H2,1-5H3. The SMILES string of the molecule is CCC(C)n1ccc(CCC(CC(C)C)NC)n1. The van der Waals surface area contributed by atoms with E-state index in [0.717, 1.165) is 18.8 Å². The van der Waals surface area contributed by atoms with Crippen molar-refractivity contribution in [2.45, 2.75) is 65.5 Å². The van der Waals surface area contributed by atoms with Gasteiger partial charge in [-0.3, -0.25) is 4.68 Å². The molecule has 0 aliphatic carbocycles. The van der Waals surface area contributed by atoms with Gasteiger partial charge in [0.15, 0.2) is 0 Å². The number of hydrogen-bond donors (Lipinski definition) is 1. The minimum Gasteiger partial charge on any atom is -0.317 e. The number of nitrogens with zero attached hydrogens (tertiary/aromatic N) is 2. The molecule has 0 radical (unpaired) electrons. The first kappa shape index (κ1) is 15.2. The molecule has 0 aliphatic heterocycles. The van der Waals surface area contributed by atoms with Crippen LogP contribution in [-0.2, 0) is 6.42 Å². The number of aromatic nitrogens is 2. The minimum atomic E-state index is 0.509. The van der Waals surface area contributed by atoms with Crippen molar-refractivity contribution in [2.24, 2.45) is 5.92 Å². The van der Waals surface area contributed by atoms with Gasteiger partial charge in [0.05, 0.1) is 5.69 Å². The monoisotopic (exact) mass is 251 g/mol. The van der Waals surface area contributed by atoms with Crippen molar-refractivity contribution in [3.63, 3.8) is 0 Å². The molecule has 2 unspecified atom stereocenters. The Kier molecular flexibility index (Phi) is 6.41. The summed E-state index contributed by atoms with van der Waals surface area (Å²) in [5.74, 6) is 0.750. The maximum Gasteiger partial charge on any atom is 0.0625 e. The van der Waals surface area contributed by atoms with E-state index in [4.69, 9.17) is 0 Å². The van der Waals surface area contributed by atoms with Crippen molar-refractivity contribution >= 4 is 0 Å². The fourth-order valence-corrected chi connectivity index (χ4v) is 2.21. The molecule has 1 heterocycles. The second-order valence-corrected chi connectivity index (χ2v) is 5.70. The minimum absolute atomic E-state index is 0.509. The zero-order valence-electron chi connectivity index (χ0n) is 12.6. The van der Waals surface area contributed by atoms with Crippen LogP contribution in [-0.4, -0.2) is 22.9 Å². The molecule has 0 bridgehead atoms. The Balaban J connectivity index is 2.44. The first-order valence-corrected chi connectivity index (χ1v) is 7.28. The summed E-state index contributed by atoms with van der Waals surface area (Å²) in [7, 11) is 2.06. The van der Waals surface area contributed by atoms with Gasteiger partial charge in [-0.2, -0.15) is 5.10 Å². The summed E-state index contributed by atoms with van der Waals surface area (Å²) in [6, 6.07) is 3.28. The Morgan fingerprint density at radius 1 is 1.33 bits per heavy atom. The van der Waals surface area contributed by atoms with E-state index < -0.39 is 0 Å². The van der Waals surface area contributed by atoms with Crippen LogP contribution >= 0.6 is 0 Å². The van der Waals surface area contributed by atoms with Gasteiger partial charge in [-0.25, -0.2) is 0 Å². The summed E-state index contributed by atoms with van der Waals surface area (Å²) in [4.78, 5) is 0. The van der Waals surface area contributed by atoms with Crippen molar-refractivity contribution in [3.05, 3.63) is 18.0 Å². The van der Waals surface area contributed by atoms with Gasteiger partial charge in [-0.05, 0) is 51.6 Å². The van der Waals surface area contributed by atoms with Crippen LogP contribution in [0.5, 0.6) is 0 Å². The number of rotatable bonds is 8. The third-order valence-corrected chi connectivity index (χ3v) is 3.62. The quantitative estimate of drug-likeness (QED) is 0.767. The highest BCUT2D eigenvalue weighted by Crippen LogP contribution is 2.13. The topological polar surface area (TPSA) is 29.9 Å². The lowest BCUT2D eigenvalue weighted by Gasteiger charge is -2.17. The smallest absolute Gasteiger partial charge is 0.0625 e. The summed E-state index contributed by atoms with van der Waals surface area (Å²) in [6.45, 7) is 8.97. The molecule has 1 rings (SSSR count). The van der Waals surface area contributed by atoms with Gasteiger partial charge in [0.2, 0.25) is 0 Å². The lowest BCUT2D eigenvalue weighted by atomic mass is 9.99. The Labute approximate surface area is 112 Å². The molecular weight excluding hydrogens is 222 g/mol.